The van der Waals surface area contributed by atoms with Crippen molar-refractivity contribution in [1.82, 2.24) is 5.32 Å². The lowest BCUT2D eigenvalue weighted by molar-refractivity contribution is -0.126. The first-order chi connectivity index (χ1) is 9.76. The summed E-state index contributed by atoms with van der Waals surface area (Å²) in [6.45, 7) is 0.724. The molecule has 0 aromatic heterocycles. The Labute approximate surface area is 131 Å². The minimum absolute atomic E-state index is 0.0303. The van der Waals surface area contributed by atoms with Crippen LogP contribution in [-0.4, -0.2) is 18.1 Å². The van der Waals surface area contributed by atoms with Crippen LogP contribution in [0.25, 0.3) is 0 Å². The fourth-order valence-corrected chi connectivity index (χ4v) is 2.32. The van der Waals surface area contributed by atoms with Gasteiger partial charge in [-0.15, -0.1) is 0 Å². The highest BCUT2D eigenvalue weighted by Gasteiger charge is 2.27. The predicted molar refractivity (Wildman–Crippen MR) is 80.1 cm³/mol. The van der Waals surface area contributed by atoms with Crippen LogP contribution >= 0.6 is 15.9 Å². The third kappa shape index (κ3) is 5.59. The summed E-state index contributed by atoms with van der Waals surface area (Å²) >= 11 is 3.25. The number of benzene rings is 1. The fraction of sp³-hybridized carbons (Fsp3) is 0.500. The molecule has 118 valence electrons. The van der Waals surface area contributed by atoms with E-state index in [2.05, 4.69) is 26.0 Å². The smallest absolute Gasteiger partial charge is 0.387 e. The number of carbonyl (C=O) groups excluding carboxylic acids is 1. The summed E-state index contributed by atoms with van der Waals surface area (Å²) in [5.74, 6) is -0.296. The molecule has 0 heterocycles. The number of rotatable bonds is 7. The maximum Gasteiger partial charge on any atom is 0.387 e. The zero-order valence-corrected chi connectivity index (χ0v) is 13.5. The van der Waals surface area contributed by atoms with Gasteiger partial charge in [0.25, 0.3) is 0 Å². The Kier molecular flexibility index (Phi) is 6.54. The second-order valence-corrected chi connectivity index (χ2v) is 5.90. The van der Waals surface area contributed by atoms with Crippen LogP contribution in [0.3, 0.4) is 0 Å². The molecule has 7 heteroatoms. The van der Waals surface area contributed by atoms with E-state index in [0.29, 0.717) is 16.5 Å². The van der Waals surface area contributed by atoms with E-state index in [1.54, 1.807) is 19.1 Å². The van der Waals surface area contributed by atoms with Gasteiger partial charge in [-0.05, 0) is 31.5 Å². The van der Waals surface area contributed by atoms with Gasteiger partial charge in [-0.25, -0.2) is 0 Å². The highest BCUT2D eigenvalue weighted by molar-refractivity contribution is 9.10. The number of amides is 1. The van der Waals surface area contributed by atoms with Gasteiger partial charge in [0.1, 0.15) is 5.75 Å². The number of alkyl halides is 2. The molecule has 0 radical (unpaired) electrons. The summed E-state index contributed by atoms with van der Waals surface area (Å²) in [6.07, 6.45) is 1.31. The van der Waals surface area contributed by atoms with Crippen LogP contribution in [-0.2, 0) is 11.3 Å². The highest BCUT2D eigenvalue weighted by atomic mass is 79.9. The van der Waals surface area contributed by atoms with Crippen molar-refractivity contribution in [3.8, 4) is 5.75 Å². The monoisotopic (exact) mass is 364 g/mol. The van der Waals surface area contributed by atoms with Crippen molar-refractivity contribution in [2.45, 2.75) is 45.4 Å². The van der Waals surface area contributed by atoms with Crippen LogP contribution in [0.15, 0.2) is 22.7 Å². The van der Waals surface area contributed by atoms with Gasteiger partial charge in [-0.3, -0.25) is 4.79 Å². The van der Waals surface area contributed by atoms with E-state index >= 15 is 0 Å². The molecule has 4 nitrogen and oxygen atoms in total. The molecule has 1 amide bonds. The summed E-state index contributed by atoms with van der Waals surface area (Å²) in [5.41, 5.74) is 5.38. The number of ether oxygens (including phenoxy) is 1. The van der Waals surface area contributed by atoms with Crippen molar-refractivity contribution in [3.05, 3.63) is 28.2 Å². The molecule has 0 saturated heterocycles. The van der Waals surface area contributed by atoms with E-state index in [-0.39, 0.29) is 18.2 Å². The van der Waals surface area contributed by atoms with Gasteiger partial charge in [-0.1, -0.05) is 29.3 Å². The van der Waals surface area contributed by atoms with Crippen LogP contribution in [0.2, 0.25) is 0 Å². The van der Waals surface area contributed by atoms with Crippen LogP contribution in [0, 0.1) is 0 Å². The summed E-state index contributed by atoms with van der Waals surface area (Å²) < 4.78 is 29.8. The van der Waals surface area contributed by atoms with Crippen molar-refractivity contribution < 1.29 is 18.3 Å². The number of nitrogens with one attached hydrogen (secondary N) is 1. The first-order valence-electron chi connectivity index (χ1n) is 6.56. The van der Waals surface area contributed by atoms with E-state index in [4.69, 9.17) is 5.73 Å². The van der Waals surface area contributed by atoms with E-state index in [9.17, 15) is 13.6 Å². The minimum Gasteiger partial charge on any atom is -0.434 e. The Bertz CT molecular complexity index is 496. The number of halogens is 3. The molecule has 0 aliphatic rings. The number of hydrogen-bond donors (Lipinski definition) is 2. The molecule has 0 aliphatic carbocycles. The molecule has 0 aliphatic heterocycles. The predicted octanol–water partition coefficient (Wildman–Crippen LogP) is 3.18. The standard InChI is InChI=1S/C14H19BrF2N2O2/c1-3-6-14(2,18)12(20)19-8-9-7-10(15)4-5-11(9)21-13(16)17/h4-5,7,13H,3,6,8,18H2,1-2H3,(H,19,20). The molecule has 1 rings (SSSR count). The topological polar surface area (TPSA) is 64.4 Å². The van der Waals surface area contributed by atoms with E-state index in [1.165, 1.54) is 6.07 Å². The molecule has 1 aromatic rings. The maximum atomic E-state index is 12.3. The lowest BCUT2D eigenvalue weighted by atomic mass is 9.96. The van der Waals surface area contributed by atoms with Crippen molar-refractivity contribution in [1.29, 1.82) is 0 Å². The molecule has 0 fully saturated rings. The number of hydrogen-bond acceptors (Lipinski definition) is 3. The molecule has 3 N–H and O–H groups in total. The van der Waals surface area contributed by atoms with Gasteiger partial charge < -0.3 is 15.8 Å². The van der Waals surface area contributed by atoms with Gasteiger partial charge in [0.05, 0.1) is 5.54 Å². The summed E-state index contributed by atoms with van der Waals surface area (Å²) in [5, 5.41) is 2.66. The van der Waals surface area contributed by atoms with E-state index < -0.39 is 12.2 Å². The van der Waals surface area contributed by atoms with Crippen LogP contribution < -0.4 is 15.8 Å². The molecule has 1 aromatic carbocycles. The highest BCUT2D eigenvalue weighted by Crippen LogP contribution is 2.25. The minimum atomic E-state index is -2.92. The van der Waals surface area contributed by atoms with Gasteiger partial charge in [0.15, 0.2) is 0 Å². The molecule has 1 unspecified atom stereocenters. The van der Waals surface area contributed by atoms with Crippen LogP contribution in [0.1, 0.15) is 32.3 Å². The summed E-state index contributed by atoms with van der Waals surface area (Å²) in [7, 11) is 0. The quantitative estimate of drug-likeness (QED) is 0.780. The second kappa shape index (κ2) is 7.70. The zero-order valence-electron chi connectivity index (χ0n) is 12.0. The molecular weight excluding hydrogens is 346 g/mol. The first-order valence-corrected chi connectivity index (χ1v) is 7.36. The Morgan fingerprint density at radius 3 is 2.76 bits per heavy atom. The van der Waals surface area contributed by atoms with Crippen molar-refractivity contribution in [2.24, 2.45) is 5.73 Å². The SMILES string of the molecule is CCCC(C)(N)C(=O)NCc1cc(Br)ccc1OC(F)F. The van der Waals surface area contributed by atoms with Gasteiger partial charge in [-0.2, -0.15) is 8.78 Å². The van der Waals surface area contributed by atoms with Crippen LogP contribution in [0.5, 0.6) is 5.75 Å². The van der Waals surface area contributed by atoms with Crippen molar-refractivity contribution in [2.75, 3.05) is 0 Å². The van der Waals surface area contributed by atoms with Crippen molar-refractivity contribution >= 4 is 21.8 Å². The second-order valence-electron chi connectivity index (χ2n) is 4.98. The third-order valence-corrected chi connectivity index (χ3v) is 3.46. The Morgan fingerprint density at radius 1 is 1.52 bits per heavy atom. The Morgan fingerprint density at radius 2 is 2.19 bits per heavy atom. The van der Waals surface area contributed by atoms with Crippen molar-refractivity contribution in [3.63, 3.8) is 0 Å². The lowest BCUT2D eigenvalue weighted by Crippen LogP contribution is -2.51. The van der Waals surface area contributed by atoms with Crippen LogP contribution in [0.4, 0.5) is 8.78 Å². The first kappa shape index (κ1) is 17.8. The molecule has 0 saturated carbocycles. The lowest BCUT2D eigenvalue weighted by Gasteiger charge is -2.23. The van der Waals surface area contributed by atoms with Gasteiger partial charge >= 0.3 is 6.61 Å². The van der Waals surface area contributed by atoms with E-state index in [0.717, 1.165) is 6.42 Å². The summed E-state index contributed by atoms with van der Waals surface area (Å²) in [4.78, 5) is 12.0. The largest absolute Gasteiger partial charge is 0.434 e. The van der Waals surface area contributed by atoms with Gasteiger partial charge in [0, 0.05) is 16.6 Å². The molecule has 1 atom stereocenters. The Balaban J connectivity index is 2.78. The Hall–Kier alpha value is -1.21. The van der Waals surface area contributed by atoms with Gasteiger partial charge in [0.2, 0.25) is 5.91 Å². The molecular formula is C14H19BrF2N2O2. The maximum absolute atomic E-state index is 12.3. The normalized spacial score (nSPS) is 13.9. The summed E-state index contributed by atoms with van der Waals surface area (Å²) in [6, 6.07) is 4.63. The number of carbonyl (C=O) groups is 1. The molecule has 0 spiro atoms. The molecule has 0 bridgehead atoms. The fourth-order valence-electron chi connectivity index (χ4n) is 1.91. The third-order valence-electron chi connectivity index (χ3n) is 2.97. The zero-order chi connectivity index (χ0) is 16.0. The van der Waals surface area contributed by atoms with E-state index in [1.807, 2.05) is 6.92 Å². The average molecular weight is 365 g/mol. The molecule has 21 heavy (non-hydrogen) atoms. The average Bonchev–Trinajstić information content (AvgIpc) is 2.38. The number of nitrogens with two attached hydrogens (primary N) is 1.